The second-order valence-corrected chi connectivity index (χ2v) is 11.8. The third-order valence-electron chi connectivity index (χ3n) is 8.95. The normalized spacial score (nSPS) is 26.8. The quantitative estimate of drug-likeness (QED) is 0.345. The number of hydrogen-bond acceptors (Lipinski definition) is 4. The molecule has 5 heteroatoms. The topological polar surface area (TPSA) is 61.8 Å². The van der Waals surface area contributed by atoms with Crippen molar-refractivity contribution in [1.82, 2.24) is 10.2 Å². The van der Waals surface area contributed by atoms with Gasteiger partial charge in [-0.3, -0.25) is 9.69 Å². The monoisotopic (exact) mass is 504 g/mol. The van der Waals surface area contributed by atoms with Crippen LogP contribution in [0.4, 0.5) is 0 Å². The van der Waals surface area contributed by atoms with Crippen molar-refractivity contribution >= 4 is 5.91 Å². The molecule has 4 saturated carbocycles. The molecule has 0 radical (unpaired) electrons. The van der Waals surface area contributed by atoms with Crippen LogP contribution in [0.25, 0.3) is 0 Å². The predicted molar refractivity (Wildman–Crippen MR) is 147 cm³/mol. The SMILES string of the molecule is CCCCCN(CC(O)COc1ccccc1C(=O)NCc1ccccc1)C1C2CC3CC(C2)CC1C3. The van der Waals surface area contributed by atoms with E-state index < -0.39 is 6.10 Å². The molecule has 4 aliphatic carbocycles. The molecule has 0 saturated heterocycles. The van der Waals surface area contributed by atoms with Gasteiger partial charge in [-0.2, -0.15) is 0 Å². The number of carbonyl (C=O) groups is 1. The van der Waals surface area contributed by atoms with Gasteiger partial charge in [0.2, 0.25) is 0 Å². The number of aliphatic hydroxyl groups is 1. The number of amides is 1. The van der Waals surface area contributed by atoms with Crippen molar-refractivity contribution < 1.29 is 14.6 Å². The number of benzene rings is 2. The Hall–Kier alpha value is -2.37. The van der Waals surface area contributed by atoms with Crippen LogP contribution in [0.3, 0.4) is 0 Å². The molecule has 2 N–H and O–H groups in total. The van der Waals surface area contributed by atoms with Gasteiger partial charge < -0.3 is 15.2 Å². The fraction of sp³-hybridized carbons (Fsp3) is 0.594. The molecule has 1 amide bonds. The van der Waals surface area contributed by atoms with Crippen molar-refractivity contribution in [2.75, 3.05) is 19.7 Å². The maximum Gasteiger partial charge on any atom is 0.255 e. The molecule has 1 atom stereocenters. The van der Waals surface area contributed by atoms with E-state index >= 15 is 0 Å². The van der Waals surface area contributed by atoms with Crippen molar-refractivity contribution in [3.63, 3.8) is 0 Å². The molecule has 37 heavy (non-hydrogen) atoms. The molecule has 0 heterocycles. The molecule has 1 unspecified atom stereocenters. The van der Waals surface area contributed by atoms with Gasteiger partial charge in [-0.05, 0) is 86.4 Å². The summed E-state index contributed by atoms with van der Waals surface area (Å²) >= 11 is 0. The maximum absolute atomic E-state index is 12.9. The van der Waals surface area contributed by atoms with E-state index in [4.69, 9.17) is 4.74 Å². The average Bonchev–Trinajstić information content (AvgIpc) is 2.90. The van der Waals surface area contributed by atoms with E-state index in [9.17, 15) is 9.90 Å². The molecule has 4 fully saturated rings. The van der Waals surface area contributed by atoms with Gasteiger partial charge in [-0.1, -0.05) is 62.2 Å². The third kappa shape index (κ3) is 6.56. The molecule has 200 valence electrons. The average molecular weight is 505 g/mol. The number of carbonyl (C=O) groups excluding carboxylic acids is 1. The van der Waals surface area contributed by atoms with Gasteiger partial charge in [-0.15, -0.1) is 0 Å². The molecular formula is C32H44N2O3. The van der Waals surface area contributed by atoms with Crippen LogP contribution < -0.4 is 10.1 Å². The Morgan fingerprint density at radius 2 is 1.65 bits per heavy atom. The lowest BCUT2D eigenvalue weighted by Gasteiger charge is -2.57. The summed E-state index contributed by atoms with van der Waals surface area (Å²) < 4.78 is 6.07. The number of rotatable bonds is 13. The highest BCUT2D eigenvalue weighted by Gasteiger charge is 2.50. The molecule has 4 bridgehead atoms. The highest BCUT2D eigenvalue weighted by atomic mass is 16.5. The van der Waals surface area contributed by atoms with Crippen LogP contribution in [0, 0.1) is 23.7 Å². The standard InChI is InChI=1S/C32H44N2O3/c1-2-3-9-14-34(31-26-16-24-15-25(18-26)19-27(31)17-24)21-28(35)22-37-30-13-8-7-12-29(30)32(36)33-20-23-10-5-4-6-11-23/h4-8,10-13,24-28,31,35H,2-3,9,14-22H2,1H3,(H,33,36). The zero-order chi connectivity index (χ0) is 25.6. The Kier molecular flexibility index (Phi) is 8.83. The lowest BCUT2D eigenvalue weighted by Crippen LogP contribution is -2.57. The fourth-order valence-electron chi connectivity index (χ4n) is 7.58. The lowest BCUT2D eigenvalue weighted by molar-refractivity contribution is -0.0776. The van der Waals surface area contributed by atoms with E-state index in [2.05, 4.69) is 17.1 Å². The highest BCUT2D eigenvalue weighted by molar-refractivity contribution is 5.96. The molecular weight excluding hydrogens is 460 g/mol. The summed E-state index contributed by atoms with van der Waals surface area (Å²) in [4.78, 5) is 15.5. The second-order valence-electron chi connectivity index (χ2n) is 11.8. The third-order valence-corrected chi connectivity index (χ3v) is 8.95. The molecule has 4 aliphatic rings. The van der Waals surface area contributed by atoms with E-state index in [1.54, 1.807) is 6.07 Å². The summed E-state index contributed by atoms with van der Waals surface area (Å²) in [5.74, 6) is 3.88. The van der Waals surface area contributed by atoms with Gasteiger partial charge in [0.25, 0.3) is 5.91 Å². The van der Waals surface area contributed by atoms with Gasteiger partial charge in [0.05, 0.1) is 5.56 Å². The van der Waals surface area contributed by atoms with Gasteiger partial charge in [0, 0.05) is 19.1 Å². The van der Waals surface area contributed by atoms with Gasteiger partial charge in [0.1, 0.15) is 18.5 Å². The molecule has 6 rings (SSSR count). The zero-order valence-electron chi connectivity index (χ0n) is 22.4. The second kappa shape index (κ2) is 12.4. The van der Waals surface area contributed by atoms with Gasteiger partial charge in [0.15, 0.2) is 0 Å². The van der Waals surface area contributed by atoms with E-state index in [1.165, 1.54) is 51.4 Å². The smallest absolute Gasteiger partial charge is 0.255 e. The Bertz CT molecular complexity index is 982. The Morgan fingerprint density at radius 3 is 2.35 bits per heavy atom. The Morgan fingerprint density at radius 1 is 0.973 bits per heavy atom. The number of nitrogens with zero attached hydrogens (tertiary/aromatic N) is 1. The first-order valence-electron chi connectivity index (χ1n) is 14.6. The first kappa shape index (κ1) is 26.2. The minimum Gasteiger partial charge on any atom is -0.490 e. The Balaban J connectivity index is 1.18. The summed E-state index contributed by atoms with van der Waals surface area (Å²) in [5, 5.41) is 14.1. The van der Waals surface area contributed by atoms with Crippen molar-refractivity contribution in [3.8, 4) is 5.75 Å². The van der Waals surface area contributed by atoms with Gasteiger partial charge >= 0.3 is 0 Å². The number of aliphatic hydroxyl groups excluding tert-OH is 1. The van der Waals surface area contributed by atoms with Crippen LogP contribution in [0.15, 0.2) is 54.6 Å². The van der Waals surface area contributed by atoms with E-state index in [-0.39, 0.29) is 12.5 Å². The fourth-order valence-corrected chi connectivity index (χ4v) is 7.58. The molecule has 2 aromatic carbocycles. The number of ether oxygens (including phenoxy) is 1. The molecule has 2 aromatic rings. The summed E-state index contributed by atoms with van der Waals surface area (Å²) in [6, 6.07) is 17.8. The first-order valence-corrected chi connectivity index (χ1v) is 14.6. The summed E-state index contributed by atoms with van der Waals surface area (Å²) in [7, 11) is 0. The lowest BCUT2D eigenvalue weighted by atomic mass is 9.54. The molecule has 0 aliphatic heterocycles. The number of nitrogens with one attached hydrogen (secondary N) is 1. The van der Waals surface area contributed by atoms with Crippen LogP contribution in [0.2, 0.25) is 0 Å². The molecule has 5 nitrogen and oxygen atoms in total. The van der Waals surface area contributed by atoms with Gasteiger partial charge in [-0.25, -0.2) is 0 Å². The Labute approximate surface area is 222 Å². The zero-order valence-corrected chi connectivity index (χ0v) is 22.4. The van der Waals surface area contributed by atoms with Crippen LogP contribution >= 0.6 is 0 Å². The van der Waals surface area contributed by atoms with Crippen LogP contribution in [-0.2, 0) is 6.54 Å². The minimum atomic E-state index is -0.584. The van der Waals surface area contributed by atoms with Crippen molar-refractivity contribution in [3.05, 3.63) is 65.7 Å². The first-order chi connectivity index (χ1) is 18.1. The van der Waals surface area contributed by atoms with E-state index in [0.29, 0.717) is 30.4 Å². The minimum absolute atomic E-state index is 0.163. The van der Waals surface area contributed by atoms with E-state index in [1.807, 2.05) is 48.5 Å². The van der Waals surface area contributed by atoms with Crippen LogP contribution in [0.5, 0.6) is 5.75 Å². The van der Waals surface area contributed by atoms with Crippen LogP contribution in [-0.4, -0.2) is 47.8 Å². The summed E-state index contributed by atoms with van der Waals surface area (Å²) in [6.07, 6.45) is 10.1. The predicted octanol–water partition coefficient (Wildman–Crippen LogP) is 5.67. The van der Waals surface area contributed by atoms with Crippen molar-refractivity contribution in [2.45, 2.75) is 77.0 Å². The number of hydrogen-bond donors (Lipinski definition) is 2. The summed E-state index contributed by atoms with van der Waals surface area (Å²) in [6.45, 7) is 4.63. The largest absolute Gasteiger partial charge is 0.490 e. The van der Waals surface area contributed by atoms with E-state index in [0.717, 1.165) is 35.8 Å². The summed E-state index contributed by atoms with van der Waals surface area (Å²) in [5.41, 5.74) is 1.56. The number of para-hydroxylation sites is 1. The van der Waals surface area contributed by atoms with Crippen LogP contribution in [0.1, 0.15) is 74.2 Å². The molecule has 0 aromatic heterocycles. The highest BCUT2D eigenvalue weighted by Crippen LogP contribution is 2.55. The molecule has 0 spiro atoms. The van der Waals surface area contributed by atoms with Crippen molar-refractivity contribution in [2.24, 2.45) is 23.7 Å². The van der Waals surface area contributed by atoms with Crippen molar-refractivity contribution in [1.29, 1.82) is 0 Å². The number of unbranched alkanes of at least 4 members (excludes halogenated alkanes) is 2. The maximum atomic E-state index is 12.9.